The summed E-state index contributed by atoms with van der Waals surface area (Å²) in [5.74, 6) is -2.72. The Balaban J connectivity index is 3.28. The van der Waals surface area contributed by atoms with E-state index in [4.69, 9.17) is 9.84 Å². The van der Waals surface area contributed by atoms with Gasteiger partial charge in [-0.2, -0.15) is 0 Å². The first-order valence-electron chi connectivity index (χ1n) is 5.91. The second-order valence-corrected chi connectivity index (χ2v) is 4.82. The molecule has 1 aromatic rings. The van der Waals surface area contributed by atoms with Gasteiger partial charge in [0.15, 0.2) is 6.61 Å². The van der Waals surface area contributed by atoms with Crippen molar-refractivity contribution in [1.82, 2.24) is 0 Å². The molecular formula is C14H13BrO7. The zero-order valence-corrected chi connectivity index (χ0v) is 13.4. The number of aliphatic carboxylic acids is 1. The molecule has 0 saturated heterocycles. The van der Waals surface area contributed by atoms with Crippen molar-refractivity contribution >= 4 is 39.9 Å². The molecule has 8 heteroatoms. The lowest BCUT2D eigenvalue weighted by molar-refractivity contribution is -0.144. The van der Waals surface area contributed by atoms with Gasteiger partial charge < -0.3 is 19.3 Å². The van der Waals surface area contributed by atoms with E-state index < -0.39 is 24.5 Å². The van der Waals surface area contributed by atoms with Gasteiger partial charge in [0.25, 0.3) is 0 Å². The Morgan fingerprint density at radius 1 is 1.18 bits per heavy atom. The van der Waals surface area contributed by atoms with E-state index in [0.717, 1.165) is 14.2 Å². The topological polar surface area (TPSA) is 99.1 Å². The summed E-state index contributed by atoms with van der Waals surface area (Å²) in [5.41, 5.74) is -0.0234. The summed E-state index contributed by atoms with van der Waals surface area (Å²) in [4.78, 5) is 33.9. The summed E-state index contributed by atoms with van der Waals surface area (Å²) >= 11 is 3.24. The van der Waals surface area contributed by atoms with E-state index in [1.807, 2.05) is 0 Å². The Morgan fingerprint density at radius 2 is 1.77 bits per heavy atom. The average molecular weight is 373 g/mol. The molecule has 0 radical (unpaired) electrons. The van der Waals surface area contributed by atoms with Crippen LogP contribution in [0.4, 0.5) is 0 Å². The van der Waals surface area contributed by atoms with Gasteiger partial charge in [-0.15, -0.1) is 0 Å². The van der Waals surface area contributed by atoms with E-state index >= 15 is 0 Å². The second kappa shape index (κ2) is 8.18. The highest BCUT2D eigenvalue weighted by Crippen LogP contribution is 2.26. The van der Waals surface area contributed by atoms with E-state index in [-0.39, 0.29) is 11.3 Å². The molecule has 1 N–H and O–H groups in total. The van der Waals surface area contributed by atoms with Crippen LogP contribution in [0.3, 0.4) is 0 Å². The fraction of sp³-hybridized carbons (Fsp3) is 0.214. The third kappa shape index (κ3) is 4.88. The van der Waals surface area contributed by atoms with E-state index in [1.165, 1.54) is 12.1 Å². The van der Waals surface area contributed by atoms with Crippen LogP contribution in [0.15, 0.2) is 28.2 Å². The minimum atomic E-state index is -1.15. The van der Waals surface area contributed by atoms with Gasteiger partial charge in [0.05, 0.1) is 14.2 Å². The summed E-state index contributed by atoms with van der Waals surface area (Å²) in [6.07, 6.45) is 1.21. The molecule has 0 aliphatic heterocycles. The minimum absolute atomic E-state index is 0.191. The number of rotatable bonds is 6. The number of halogens is 1. The van der Waals surface area contributed by atoms with Crippen molar-refractivity contribution in [3.8, 4) is 5.75 Å². The van der Waals surface area contributed by atoms with Gasteiger partial charge in [-0.3, -0.25) is 0 Å². The normalized spacial score (nSPS) is 9.59. The molecule has 0 fully saturated rings. The zero-order valence-electron chi connectivity index (χ0n) is 11.8. The van der Waals surface area contributed by atoms with Crippen molar-refractivity contribution in [2.45, 2.75) is 0 Å². The van der Waals surface area contributed by atoms with Crippen molar-refractivity contribution in [3.63, 3.8) is 0 Å². The van der Waals surface area contributed by atoms with Crippen LogP contribution >= 0.6 is 15.9 Å². The predicted octanol–water partition coefficient (Wildman–Crippen LogP) is 1.64. The molecule has 118 valence electrons. The molecule has 22 heavy (non-hydrogen) atoms. The molecule has 0 spiro atoms. The van der Waals surface area contributed by atoms with Crippen molar-refractivity contribution < 1.29 is 33.7 Å². The highest BCUT2D eigenvalue weighted by atomic mass is 79.9. The van der Waals surface area contributed by atoms with Crippen LogP contribution in [0.1, 0.15) is 5.56 Å². The molecule has 0 saturated carbocycles. The number of hydrogen-bond donors (Lipinski definition) is 1. The van der Waals surface area contributed by atoms with Crippen LogP contribution in [0, 0.1) is 0 Å². The Labute approximate surface area is 134 Å². The van der Waals surface area contributed by atoms with Crippen LogP contribution in [-0.2, 0) is 23.9 Å². The van der Waals surface area contributed by atoms with Crippen molar-refractivity contribution in [1.29, 1.82) is 0 Å². The summed E-state index contributed by atoms with van der Waals surface area (Å²) in [5, 5.41) is 8.66. The van der Waals surface area contributed by atoms with E-state index in [9.17, 15) is 14.4 Å². The first kappa shape index (κ1) is 17.7. The van der Waals surface area contributed by atoms with Crippen molar-refractivity contribution in [2.75, 3.05) is 20.8 Å². The molecule has 0 heterocycles. The molecule has 0 aliphatic carbocycles. The molecule has 0 atom stereocenters. The summed E-state index contributed by atoms with van der Waals surface area (Å²) in [6.45, 7) is -0.561. The fourth-order valence-corrected chi connectivity index (χ4v) is 1.86. The smallest absolute Gasteiger partial charge is 0.345 e. The van der Waals surface area contributed by atoms with Gasteiger partial charge in [0.1, 0.15) is 11.3 Å². The lowest BCUT2D eigenvalue weighted by atomic mass is 10.1. The van der Waals surface area contributed by atoms with Crippen LogP contribution in [0.5, 0.6) is 5.75 Å². The Bertz CT molecular complexity index is 604. The molecule has 0 unspecified atom stereocenters. The maximum absolute atomic E-state index is 11.6. The molecule has 0 amide bonds. The molecular weight excluding hydrogens is 360 g/mol. The lowest BCUT2D eigenvalue weighted by Crippen LogP contribution is -2.16. The van der Waals surface area contributed by atoms with Gasteiger partial charge in [-0.25, -0.2) is 14.4 Å². The van der Waals surface area contributed by atoms with Crippen LogP contribution in [0.25, 0.3) is 6.08 Å². The van der Waals surface area contributed by atoms with Crippen molar-refractivity contribution in [3.05, 3.63) is 33.8 Å². The van der Waals surface area contributed by atoms with Crippen molar-refractivity contribution in [2.24, 2.45) is 0 Å². The maximum atomic E-state index is 11.6. The van der Waals surface area contributed by atoms with Gasteiger partial charge >= 0.3 is 17.9 Å². The molecule has 0 aromatic heterocycles. The third-order valence-electron chi connectivity index (χ3n) is 2.43. The Morgan fingerprint density at radius 3 is 2.27 bits per heavy atom. The molecule has 0 aliphatic rings. The number of carbonyl (C=O) groups excluding carboxylic acids is 2. The van der Waals surface area contributed by atoms with Gasteiger partial charge in [0.2, 0.25) is 0 Å². The van der Waals surface area contributed by atoms with Gasteiger partial charge in [0, 0.05) is 10.0 Å². The number of carboxylic acid groups (broad SMARTS) is 1. The lowest BCUT2D eigenvalue weighted by Gasteiger charge is -2.09. The van der Waals surface area contributed by atoms with E-state index in [0.29, 0.717) is 10.0 Å². The molecule has 1 rings (SSSR count). The largest absolute Gasteiger partial charge is 0.481 e. The average Bonchev–Trinajstić information content (AvgIpc) is 2.50. The Kier molecular flexibility index (Phi) is 6.58. The zero-order chi connectivity index (χ0) is 16.7. The van der Waals surface area contributed by atoms with E-state index in [2.05, 4.69) is 25.4 Å². The number of carboxylic acids is 1. The molecule has 7 nitrogen and oxygen atoms in total. The number of carbonyl (C=O) groups is 3. The number of esters is 2. The third-order valence-corrected chi connectivity index (χ3v) is 2.93. The number of benzene rings is 1. The predicted molar refractivity (Wildman–Crippen MR) is 79.3 cm³/mol. The Hall–Kier alpha value is -2.35. The second-order valence-electron chi connectivity index (χ2n) is 3.91. The highest BCUT2D eigenvalue weighted by molar-refractivity contribution is 9.10. The first-order valence-corrected chi connectivity index (χ1v) is 6.70. The SMILES string of the molecule is COC(=O)C(=Cc1cc(Br)ccc1OCC(=O)O)C(=O)OC. The quantitative estimate of drug-likeness (QED) is 0.350. The highest BCUT2D eigenvalue weighted by Gasteiger charge is 2.20. The number of methoxy groups -OCH3 is 2. The van der Waals surface area contributed by atoms with Gasteiger partial charge in [-0.05, 0) is 24.3 Å². The summed E-state index contributed by atoms with van der Waals surface area (Å²) < 4.78 is 14.8. The summed E-state index contributed by atoms with van der Waals surface area (Å²) in [7, 11) is 2.25. The minimum Gasteiger partial charge on any atom is -0.481 e. The van der Waals surface area contributed by atoms with E-state index in [1.54, 1.807) is 12.1 Å². The standard InChI is InChI=1S/C14H13BrO7/c1-20-13(18)10(14(19)21-2)6-8-5-9(15)3-4-11(8)22-7-12(16)17/h3-6H,7H2,1-2H3,(H,16,17). The monoisotopic (exact) mass is 372 g/mol. The number of ether oxygens (including phenoxy) is 3. The van der Waals surface area contributed by atoms with Crippen LogP contribution < -0.4 is 4.74 Å². The maximum Gasteiger partial charge on any atom is 0.345 e. The van der Waals surface area contributed by atoms with Crippen LogP contribution in [0.2, 0.25) is 0 Å². The first-order chi connectivity index (χ1) is 10.4. The summed E-state index contributed by atoms with van der Waals surface area (Å²) in [6, 6.07) is 4.69. The number of hydrogen-bond acceptors (Lipinski definition) is 6. The van der Waals surface area contributed by atoms with Crippen LogP contribution in [-0.4, -0.2) is 43.8 Å². The fourth-order valence-electron chi connectivity index (χ4n) is 1.48. The molecule has 0 bridgehead atoms. The van der Waals surface area contributed by atoms with Gasteiger partial charge in [-0.1, -0.05) is 15.9 Å². The molecule has 1 aromatic carbocycles.